The van der Waals surface area contributed by atoms with Crippen LogP contribution >= 0.6 is 23.6 Å². The maximum Gasteiger partial charge on any atom is 0.173 e. The second kappa shape index (κ2) is 6.12. The molecule has 1 aromatic carbocycles. The SMILES string of the molecule is Cc1ccc(NC(=S)N2CCC[C@@H]2c2cccs2)cc1F. The molecular formula is C16H17FN2S2. The van der Waals surface area contributed by atoms with E-state index in [0.29, 0.717) is 22.4 Å². The average Bonchev–Trinajstić information content (AvgIpc) is 3.12. The number of nitrogens with one attached hydrogen (secondary N) is 1. The highest BCUT2D eigenvalue weighted by molar-refractivity contribution is 7.80. The second-order valence-electron chi connectivity index (χ2n) is 5.26. The van der Waals surface area contributed by atoms with E-state index in [-0.39, 0.29) is 5.82 Å². The third kappa shape index (κ3) is 3.09. The monoisotopic (exact) mass is 320 g/mol. The van der Waals surface area contributed by atoms with Gasteiger partial charge >= 0.3 is 0 Å². The number of hydrogen-bond donors (Lipinski definition) is 1. The predicted molar refractivity (Wildman–Crippen MR) is 90.4 cm³/mol. The van der Waals surface area contributed by atoms with E-state index in [0.717, 1.165) is 19.4 Å². The van der Waals surface area contributed by atoms with Crippen molar-refractivity contribution in [3.63, 3.8) is 0 Å². The van der Waals surface area contributed by atoms with Gasteiger partial charge < -0.3 is 10.2 Å². The van der Waals surface area contributed by atoms with Crippen LogP contribution in [0.25, 0.3) is 0 Å². The Morgan fingerprint density at radius 2 is 2.29 bits per heavy atom. The topological polar surface area (TPSA) is 15.3 Å². The molecule has 0 aliphatic carbocycles. The highest BCUT2D eigenvalue weighted by atomic mass is 32.1. The minimum Gasteiger partial charge on any atom is -0.341 e. The maximum absolute atomic E-state index is 13.6. The van der Waals surface area contributed by atoms with Gasteiger partial charge in [0.1, 0.15) is 5.82 Å². The lowest BCUT2D eigenvalue weighted by Gasteiger charge is -2.27. The Morgan fingerprint density at radius 1 is 1.43 bits per heavy atom. The Balaban J connectivity index is 1.73. The van der Waals surface area contributed by atoms with Crippen LogP contribution in [0.15, 0.2) is 35.7 Å². The molecule has 110 valence electrons. The van der Waals surface area contributed by atoms with Crippen molar-refractivity contribution in [2.24, 2.45) is 0 Å². The van der Waals surface area contributed by atoms with Crippen LogP contribution in [-0.2, 0) is 0 Å². The molecule has 2 heterocycles. The van der Waals surface area contributed by atoms with Crippen molar-refractivity contribution >= 4 is 34.4 Å². The van der Waals surface area contributed by atoms with Crippen LogP contribution in [0.1, 0.15) is 29.3 Å². The third-order valence-corrected chi connectivity index (χ3v) is 5.12. The number of halogens is 1. The van der Waals surface area contributed by atoms with Gasteiger partial charge in [-0.1, -0.05) is 12.1 Å². The molecule has 1 N–H and O–H groups in total. The molecule has 1 aliphatic heterocycles. The van der Waals surface area contributed by atoms with Crippen LogP contribution in [0.3, 0.4) is 0 Å². The molecule has 0 spiro atoms. The summed E-state index contributed by atoms with van der Waals surface area (Å²) < 4.78 is 13.6. The molecule has 0 saturated carbocycles. The van der Waals surface area contributed by atoms with Crippen molar-refractivity contribution in [3.8, 4) is 0 Å². The summed E-state index contributed by atoms with van der Waals surface area (Å²) in [4.78, 5) is 3.55. The first-order chi connectivity index (χ1) is 10.1. The van der Waals surface area contributed by atoms with Gasteiger partial charge in [-0.15, -0.1) is 11.3 Å². The molecule has 1 aliphatic rings. The van der Waals surface area contributed by atoms with Gasteiger partial charge in [0.25, 0.3) is 0 Å². The van der Waals surface area contributed by atoms with Crippen molar-refractivity contribution in [1.29, 1.82) is 0 Å². The molecule has 1 aromatic heterocycles. The minimum absolute atomic E-state index is 0.209. The Kier molecular flexibility index (Phi) is 4.22. The molecule has 21 heavy (non-hydrogen) atoms. The Labute approximate surface area is 133 Å². The van der Waals surface area contributed by atoms with Gasteiger partial charge in [-0.2, -0.15) is 0 Å². The molecule has 5 heteroatoms. The summed E-state index contributed by atoms with van der Waals surface area (Å²) in [5, 5.41) is 5.94. The zero-order valence-electron chi connectivity index (χ0n) is 11.8. The fourth-order valence-electron chi connectivity index (χ4n) is 2.65. The van der Waals surface area contributed by atoms with E-state index in [1.807, 2.05) is 6.07 Å². The minimum atomic E-state index is -0.209. The molecule has 0 radical (unpaired) electrons. The normalized spacial score (nSPS) is 18.0. The van der Waals surface area contributed by atoms with Crippen molar-refractivity contribution in [2.75, 3.05) is 11.9 Å². The van der Waals surface area contributed by atoms with Crippen molar-refractivity contribution in [2.45, 2.75) is 25.8 Å². The lowest BCUT2D eigenvalue weighted by molar-refractivity contribution is 0.412. The lowest BCUT2D eigenvalue weighted by atomic mass is 10.2. The summed E-state index contributed by atoms with van der Waals surface area (Å²) in [6.07, 6.45) is 2.25. The number of likely N-dealkylation sites (tertiary alicyclic amines) is 1. The standard InChI is InChI=1S/C16H17FN2S2/c1-11-6-7-12(10-13(11)17)18-16(20)19-8-2-4-14(19)15-5-3-9-21-15/h3,5-7,9-10,14H,2,4,8H2,1H3,(H,18,20)/t14-/m1/s1. The molecule has 0 amide bonds. The number of benzene rings is 1. The van der Waals surface area contributed by atoms with Crippen molar-refractivity contribution < 1.29 is 4.39 Å². The number of thiocarbonyl (C=S) groups is 1. The van der Waals surface area contributed by atoms with Gasteiger partial charge in [-0.05, 0) is 61.1 Å². The Bertz CT molecular complexity index is 640. The number of rotatable bonds is 2. The molecule has 1 atom stereocenters. The smallest absolute Gasteiger partial charge is 0.173 e. The Hall–Kier alpha value is -1.46. The van der Waals surface area contributed by atoms with Crippen LogP contribution in [0, 0.1) is 12.7 Å². The van der Waals surface area contributed by atoms with Gasteiger partial charge in [-0.25, -0.2) is 4.39 Å². The molecular weight excluding hydrogens is 303 g/mol. The second-order valence-corrected chi connectivity index (χ2v) is 6.63. The quantitative estimate of drug-likeness (QED) is 0.805. The zero-order valence-corrected chi connectivity index (χ0v) is 13.4. The van der Waals surface area contributed by atoms with E-state index in [2.05, 4.69) is 27.7 Å². The molecule has 1 fully saturated rings. The maximum atomic E-state index is 13.6. The van der Waals surface area contributed by atoms with E-state index in [9.17, 15) is 4.39 Å². The lowest BCUT2D eigenvalue weighted by Crippen LogP contribution is -2.33. The van der Waals surface area contributed by atoms with Gasteiger partial charge in [0, 0.05) is 17.1 Å². The molecule has 0 bridgehead atoms. The van der Waals surface area contributed by atoms with Crippen LogP contribution < -0.4 is 5.32 Å². The van der Waals surface area contributed by atoms with E-state index in [1.54, 1.807) is 24.3 Å². The van der Waals surface area contributed by atoms with E-state index in [4.69, 9.17) is 12.2 Å². The predicted octanol–water partition coefficient (Wildman–Crippen LogP) is 4.73. The summed E-state index contributed by atoms with van der Waals surface area (Å²) in [6.45, 7) is 2.70. The highest BCUT2D eigenvalue weighted by Crippen LogP contribution is 2.34. The zero-order chi connectivity index (χ0) is 14.8. The van der Waals surface area contributed by atoms with Crippen LogP contribution in [0.5, 0.6) is 0 Å². The molecule has 2 aromatic rings. The summed E-state index contributed by atoms with van der Waals surface area (Å²) in [5.41, 5.74) is 1.35. The first kappa shape index (κ1) is 14.5. The summed E-state index contributed by atoms with van der Waals surface area (Å²) in [7, 11) is 0. The van der Waals surface area contributed by atoms with E-state index >= 15 is 0 Å². The molecule has 2 nitrogen and oxygen atoms in total. The number of anilines is 1. The van der Waals surface area contributed by atoms with Crippen LogP contribution in [-0.4, -0.2) is 16.6 Å². The van der Waals surface area contributed by atoms with E-state index < -0.39 is 0 Å². The number of thiophene rings is 1. The summed E-state index contributed by atoms with van der Waals surface area (Å²) >= 11 is 7.28. The number of aryl methyl sites for hydroxylation is 1. The molecule has 1 saturated heterocycles. The highest BCUT2D eigenvalue weighted by Gasteiger charge is 2.28. The summed E-state index contributed by atoms with van der Waals surface area (Å²) in [6, 6.07) is 9.70. The fraction of sp³-hybridized carbons (Fsp3) is 0.312. The molecule has 0 unspecified atom stereocenters. The van der Waals surface area contributed by atoms with Gasteiger partial charge in [0.15, 0.2) is 5.11 Å². The largest absolute Gasteiger partial charge is 0.341 e. The van der Waals surface area contributed by atoms with E-state index in [1.165, 1.54) is 10.9 Å². The van der Waals surface area contributed by atoms with Crippen LogP contribution in [0.2, 0.25) is 0 Å². The number of hydrogen-bond acceptors (Lipinski definition) is 2. The fourth-order valence-corrected chi connectivity index (χ4v) is 3.86. The third-order valence-electron chi connectivity index (χ3n) is 3.81. The van der Waals surface area contributed by atoms with Gasteiger partial charge in [0.2, 0.25) is 0 Å². The van der Waals surface area contributed by atoms with Crippen molar-refractivity contribution in [1.82, 2.24) is 4.90 Å². The number of nitrogens with zero attached hydrogens (tertiary/aromatic N) is 1. The molecule has 3 rings (SSSR count). The first-order valence-corrected chi connectivity index (χ1v) is 8.31. The van der Waals surface area contributed by atoms with Crippen LogP contribution in [0.4, 0.5) is 10.1 Å². The first-order valence-electron chi connectivity index (χ1n) is 7.02. The average molecular weight is 320 g/mol. The van der Waals surface area contributed by atoms with Gasteiger partial charge in [0.05, 0.1) is 6.04 Å². The Morgan fingerprint density at radius 3 is 3.00 bits per heavy atom. The summed E-state index contributed by atoms with van der Waals surface area (Å²) in [5.74, 6) is -0.209. The van der Waals surface area contributed by atoms with Crippen molar-refractivity contribution in [3.05, 3.63) is 52.0 Å². The van der Waals surface area contributed by atoms with Gasteiger partial charge in [-0.3, -0.25) is 0 Å².